The van der Waals surface area contributed by atoms with E-state index in [0.29, 0.717) is 16.2 Å². The molecule has 4 rings (SSSR count). The van der Waals surface area contributed by atoms with Crippen LogP contribution in [0.3, 0.4) is 0 Å². The molecule has 2 aromatic carbocycles. The van der Waals surface area contributed by atoms with Gasteiger partial charge in [-0.25, -0.2) is 17.3 Å². The molecule has 0 radical (unpaired) electrons. The highest BCUT2D eigenvalue weighted by Gasteiger charge is 2.14. The second-order valence-corrected chi connectivity index (χ2v) is 8.75. The summed E-state index contributed by atoms with van der Waals surface area (Å²) in [4.78, 5) is 17.3. The van der Waals surface area contributed by atoms with Crippen LogP contribution in [0.1, 0.15) is 10.4 Å². The lowest BCUT2D eigenvalue weighted by atomic mass is 10.2. The van der Waals surface area contributed by atoms with E-state index in [0.717, 1.165) is 17.5 Å². The van der Waals surface area contributed by atoms with Crippen LogP contribution in [-0.2, 0) is 10.0 Å². The largest absolute Gasteiger partial charge is 0.289 e. The first-order chi connectivity index (χ1) is 13.8. The normalized spacial score (nSPS) is 11.5. The predicted octanol–water partition coefficient (Wildman–Crippen LogP) is 3.22. The molecule has 2 N–H and O–H groups in total. The fourth-order valence-electron chi connectivity index (χ4n) is 2.63. The fraction of sp³-hybridized carbons (Fsp3) is 0.0556. The molecule has 0 aliphatic carbocycles. The van der Waals surface area contributed by atoms with Crippen LogP contribution in [-0.4, -0.2) is 35.2 Å². The van der Waals surface area contributed by atoms with E-state index in [9.17, 15) is 17.6 Å². The van der Waals surface area contributed by atoms with Gasteiger partial charge in [0.1, 0.15) is 5.82 Å². The van der Waals surface area contributed by atoms with Gasteiger partial charge in [-0.05, 0) is 48.5 Å². The minimum atomic E-state index is -3.39. The Bertz CT molecular complexity index is 1300. The number of sulfonamides is 1. The first kappa shape index (κ1) is 19.0. The minimum absolute atomic E-state index is 0.128. The number of hydrogen-bond donors (Lipinski definition) is 2. The summed E-state index contributed by atoms with van der Waals surface area (Å²) in [5, 5.41) is 8.77. The quantitative estimate of drug-likeness (QED) is 0.505. The molecule has 0 saturated carbocycles. The van der Waals surface area contributed by atoms with Crippen LogP contribution in [0.25, 0.3) is 16.2 Å². The van der Waals surface area contributed by atoms with Gasteiger partial charge in [0.25, 0.3) is 11.9 Å². The highest BCUT2D eigenvalue weighted by atomic mass is 32.2. The van der Waals surface area contributed by atoms with Gasteiger partial charge in [-0.1, -0.05) is 0 Å². The van der Waals surface area contributed by atoms with Crippen molar-refractivity contribution in [1.29, 1.82) is 0 Å². The number of nitrogens with one attached hydrogen (secondary N) is 2. The summed E-state index contributed by atoms with van der Waals surface area (Å²) in [6.45, 7) is 0. The molecule has 2 aromatic heterocycles. The second kappa shape index (κ2) is 7.26. The van der Waals surface area contributed by atoms with Crippen molar-refractivity contribution in [3.63, 3.8) is 0 Å². The zero-order chi connectivity index (χ0) is 20.6. The summed E-state index contributed by atoms with van der Waals surface area (Å²) >= 11 is 1.34. The van der Waals surface area contributed by atoms with Gasteiger partial charge in [0.05, 0.1) is 11.9 Å². The van der Waals surface area contributed by atoms with Gasteiger partial charge in [0.2, 0.25) is 15.0 Å². The van der Waals surface area contributed by atoms with Gasteiger partial charge < -0.3 is 0 Å². The third-order valence-electron chi connectivity index (χ3n) is 3.90. The van der Waals surface area contributed by atoms with E-state index in [4.69, 9.17) is 0 Å². The summed E-state index contributed by atoms with van der Waals surface area (Å²) in [6, 6.07) is 12.0. The van der Waals surface area contributed by atoms with Crippen molar-refractivity contribution in [1.82, 2.24) is 14.6 Å². The zero-order valence-electron chi connectivity index (χ0n) is 15.0. The zero-order valence-corrected chi connectivity index (χ0v) is 16.6. The average Bonchev–Trinajstić information content (AvgIpc) is 3.22. The number of fused-ring (bicyclic) bond motifs is 1. The number of carbonyl (C=O) groups excluding carboxylic acids is 1. The number of benzene rings is 2. The Balaban J connectivity index is 1.53. The SMILES string of the molecule is CS(=O)(=O)Nc1ccc(C(=O)Nc2nc3scc(-c4ccc(F)cc4)n3n2)cc1. The summed E-state index contributed by atoms with van der Waals surface area (Å²) in [5.41, 5.74) is 2.18. The Morgan fingerprint density at radius 1 is 1.10 bits per heavy atom. The maximum Gasteiger partial charge on any atom is 0.258 e. The summed E-state index contributed by atoms with van der Waals surface area (Å²) in [7, 11) is -3.39. The van der Waals surface area contributed by atoms with Crippen LogP contribution in [0.2, 0.25) is 0 Å². The third-order valence-corrected chi connectivity index (χ3v) is 5.32. The van der Waals surface area contributed by atoms with Crippen molar-refractivity contribution in [2.75, 3.05) is 16.3 Å². The van der Waals surface area contributed by atoms with Gasteiger partial charge in [-0.15, -0.1) is 16.4 Å². The van der Waals surface area contributed by atoms with Crippen molar-refractivity contribution in [2.24, 2.45) is 0 Å². The van der Waals surface area contributed by atoms with Gasteiger partial charge in [-0.3, -0.25) is 14.8 Å². The Morgan fingerprint density at radius 3 is 2.45 bits per heavy atom. The van der Waals surface area contributed by atoms with Crippen molar-refractivity contribution >= 4 is 43.9 Å². The van der Waals surface area contributed by atoms with E-state index in [-0.39, 0.29) is 11.8 Å². The number of carbonyl (C=O) groups is 1. The summed E-state index contributed by atoms with van der Waals surface area (Å²) in [5.74, 6) is -0.634. The van der Waals surface area contributed by atoms with Crippen molar-refractivity contribution in [3.8, 4) is 11.3 Å². The molecule has 4 aromatic rings. The molecule has 0 saturated heterocycles. The van der Waals surface area contributed by atoms with E-state index in [1.165, 1.54) is 47.7 Å². The number of rotatable bonds is 5. The Hall–Kier alpha value is -3.31. The van der Waals surface area contributed by atoms with Crippen LogP contribution in [0.15, 0.2) is 53.9 Å². The number of aromatic nitrogens is 3. The van der Waals surface area contributed by atoms with Crippen LogP contribution < -0.4 is 10.0 Å². The maximum absolute atomic E-state index is 13.1. The molecule has 0 atom stereocenters. The molecular weight excluding hydrogens is 417 g/mol. The monoisotopic (exact) mass is 431 g/mol. The topological polar surface area (TPSA) is 105 Å². The molecule has 11 heteroatoms. The highest BCUT2D eigenvalue weighted by molar-refractivity contribution is 7.92. The van der Waals surface area contributed by atoms with E-state index in [1.54, 1.807) is 16.6 Å². The number of amides is 1. The molecule has 29 heavy (non-hydrogen) atoms. The first-order valence-electron chi connectivity index (χ1n) is 8.28. The average molecular weight is 431 g/mol. The van der Waals surface area contributed by atoms with E-state index in [1.807, 2.05) is 5.38 Å². The van der Waals surface area contributed by atoms with Crippen molar-refractivity contribution < 1.29 is 17.6 Å². The lowest BCUT2D eigenvalue weighted by molar-refractivity contribution is 0.102. The summed E-state index contributed by atoms with van der Waals surface area (Å²) < 4.78 is 39.5. The molecule has 0 bridgehead atoms. The number of hydrogen-bond acceptors (Lipinski definition) is 6. The smallest absolute Gasteiger partial charge is 0.258 e. The van der Waals surface area contributed by atoms with E-state index in [2.05, 4.69) is 20.1 Å². The molecule has 0 fully saturated rings. The fourth-order valence-corrected chi connectivity index (χ4v) is 4.03. The maximum atomic E-state index is 13.1. The van der Waals surface area contributed by atoms with Crippen LogP contribution in [0.4, 0.5) is 16.0 Å². The predicted molar refractivity (Wildman–Crippen MR) is 109 cm³/mol. The van der Waals surface area contributed by atoms with Gasteiger partial charge >= 0.3 is 0 Å². The van der Waals surface area contributed by atoms with Crippen LogP contribution in [0, 0.1) is 5.82 Å². The van der Waals surface area contributed by atoms with Crippen molar-refractivity contribution in [3.05, 3.63) is 65.3 Å². The van der Waals surface area contributed by atoms with E-state index < -0.39 is 15.9 Å². The second-order valence-electron chi connectivity index (χ2n) is 6.16. The Morgan fingerprint density at radius 2 is 1.79 bits per heavy atom. The minimum Gasteiger partial charge on any atom is -0.289 e. The van der Waals surface area contributed by atoms with Crippen LogP contribution in [0.5, 0.6) is 0 Å². The lowest BCUT2D eigenvalue weighted by Gasteiger charge is -2.05. The Labute approximate surface area is 169 Å². The number of halogens is 1. The van der Waals surface area contributed by atoms with Gasteiger partial charge in [0.15, 0.2) is 0 Å². The van der Waals surface area contributed by atoms with Gasteiger partial charge in [0, 0.05) is 22.2 Å². The number of thiazole rings is 1. The molecule has 8 nitrogen and oxygen atoms in total. The van der Waals surface area contributed by atoms with Crippen LogP contribution >= 0.6 is 11.3 Å². The molecule has 0 spiro atoms. The molecule has 148 valence electrons. The molecule has 0 unspecified atom stereocenters. The number of nitrogens with zero attached hydrogens (tertiary/aromatic N) is 3. The highest BCUT2D eigenvalue weighted by Crippen LogP contribution is 2.26. The molecule has 2 heterocycles. The Kier molecular flexibility index (Phi) is 4.76. The van der Waals surface area contributed by atoms with Gasteiger partial charge in [-0.2, -0.15) is 4.98 Å². The third kappa shape index (κ3) is 4.25. The molecule has 1 amide bonds. The summed E-state index contributed by atoms with van der Waals surface area (Å²) in [6.07, 6.45) is 1.05. The standard InChI is InChI=1S/C18H14FN5O3S2/c1-29(26,27)23-14-8-4-12(5-9-14)16(25)20-17-21-18-24(22-17)15(10-28-18)11-2-6-13(19)7-3-11/h2-10,23H,1H3,(H,20,22,25). The first-order valence-corrected chi connectivity index (χ1v) is 11.0. The lowest BCUT2D eigenvalue weighted by Crippen LogP contribution is -2.14. The molecular formula is C18H14FN5O3S2. The van der Waals surface area contributed by atoms with E-state index >= 15 is 0 Å². The molecule has 0 aliphatic rings. The van der Waals surface area contributed by atoms with Crippen molar-refractivity contribution in [2.45, 2.75) is 0 Å². The molecule has 0 aliphatic heterocycles. The number of anilines is 2.